The van der Waals surface area contributed by atoms with E-state index in [4.69, 9.17) is 11.6 Å². The first-order valence-corrected chi connectivity index (χ1v) is 10.8. The van der Waals surface area contributed by atoms with Crippen LogP contribution < -0.4 is 5.32 Å². The second-order valence-corrected chi connectivity index (χ2v) is 8.46. The lowest BCUT2D eigenvalue weighted by molar-refractivity contribution is 0.312. The Labute approximate surface area is 178 Å². The van der Waals surface area contributed by atoms with Gasteiger partial charge >= 0.3 is 0 Å². The highest BCUT2D eigenvalue weighted by molar-refractivity contribution is 6.30. The molecule has 0 bridgehead atoms. The highest BCUT2D eigenvalue weighted by atomic mass is 35.5. The Balaban J connectivity index is 1.24. The number of rotatable bonds is 8. The maximum absolute atomic E-state index is 6.16. The van der Waals surface area contributed by atoms with Crippen molar-refractivity contribution in [3.8, 4) is 11.3 Å². The molecule has 1 atom stereocenters. The predicted molar refractivity (Wildman–Crippen MR) is 120 cm³/mol. The van der Waals surface area contributed by atoms with Gasteiger partial charge in [0.2, 0.25) is 0 Å². The third-order valence-corrected chi connectivity index (χ3v) is 5.90. The molecule has 0 saturated carbocycles. The summed E-state index contributed by atoms with van der Waals surface area (Å²) in [7, 11) is 1.97. The average Bonchev–Trinajstić information content (AvgIpc) is 3.32. The van der Waals surface area contributed by atoms with Crippen LogP contribution in [0.5, 0.6) is 0 Å². The van der Waals surface area contributed by atoms with E-state index in [1.807, 2.05) is 29.9 Å². The summed E-state index contributed by atoms with van der Waals surface area (Å²) in [4.78, 5) is 2.58. The van der Waals surface area contributed by atoms with Crippen LogP contribution in [0.25, 0.3) is 11.3 Å². The number of halogens is 1. The van der Waals surface area contributed by atoms with Crippen molar-refractivity contribution in [3.63, 3.8) is 0 Å². The third-order valence-electron chi connectivity index (χ3n) is 5.67. The lowest BCUT2D eigenvalue weighted by Crippen LogP contribution is -2.22. The second kappa shape index (κ2) is 9.57. The van der Waals surface area contributed by atoms with Gasteiger partial charge in [0.25, 0.3) is 0 Å². The number of hydrogen-bond acceptors (Lipinski definition) is 3. The van der Waals surface area contributed by atoms with Gasteiger partial charge in [-0.15, -0.1) is 0 Å². The molecular weight excluding hydrogens is 380 g/mol. The fourth-order valence-corrected chi connectivity index (χ4v) is 4.40. The van der Waals surface area contributed by atoms with Crippen molar-refractivity contribution in [3.05, 3.63) is 76.9 Å². The molecule has 0 spiro atoms. The van der Waals surface area contributed by atoms with Crippen LogP contribution in [0.15, 0.2) is 60.8 Å². The molecule has 0 radical (unpaired) electrons. The standard InChI is InChI=1S/C24H29ClN4/c1-28-18-22(24(27-28)21-8-5-9-23(25)14-21)15-26-12-10-20-11-13-29(17-20)16-19-6-3-2-4-7-19/h2-9,14,18,20,26H,10-13,15-17H2,1H3. The molecule has 0 aliphatic carbocycles. The number of nitrogens with one attached hydrogen (secondary N) is 1. The molecule has 1 aliphatic heterocycles. The van der Waals surface area contributed by atoms with E-state index >= 15 is 0 Å². The molecule has 3 aromatic rings. The van der Waals surface area contributed by atoms with Gasteiger partial charge in [0.05, 0.1) is 5.69 Å². The fourth-order valence-electron chi connectivity index (χ4n) is 4.21. The molecule has 5 heteroatoms. The summed E-state index contributed by atoms with van der Waals surface area (Å²) >= 11 is 6.16. The molecule has 2 heterocycles. The highest BCUT2D eigenvalue weighted by Gasteiger charge is 2.22. The zero-order chi connectivity index (χ0) is 20.1. The minimum absolute atomic E-state index is 0.744. The van der Waals surface area contributed by atoms with Crippen molar-refractivity contribution >= 4 is 11.6 Å². The summed E-state index contributed by atoms with van der Waals surface area (Å²) in [5.74, 6) is 0.785. The van der Waals surface area contributed by atoms with Gasteiger partial charge < -0.3 is 5.32 Å². The smallest absolute Gasteiger partial charge is 0.0968 e. The molecule has 1 saturated heterocycles. The van der Waals surface area contributed by atoms with E-state index in [2.05, 4.69) is 57.9 Å². The normalized spacial score (nSPS) is 17.1. The average molecular weight is 409 g/mol. The van der Waals surface area contributed by atoms with Crippen LogP contribution in [0.4, 0.5) is 0 Å². The van der Waals surface area contributed by atoms with Crippen molar-refractivity contribution in [2.75, 3.05) is 19.6 Å². The number of hydrogen-bond donors (Lipinski definition) is 1. The van der Waals surface area contributed by atoms with E-state index in [1.165, 1.54) is 37.1 Å². The van der Waals surface area contributed by atoms with E-state index in [9.17, 15) is 0 Å². The van der Waals surface area contributed by atoms with E-state index < -0.39 is 0 Å². The summed E-state index contributed by atoms with van der Waals surface area (Å²) in [5, 5.41) is 9.01. The number of aryl methyl sites for hydroxylation is 1. The SMILES string of the molecule is Cn1cc(CNCCC2CCN(Cc3ccccc3)C2)c(-c2cccc(Cl)c2)n1. The molecule has 152 valence electrons. The number of nitrogens with zero attached hydrogens (tertiary/aromatic N) is 3. The van der Waals surface area contributed by atoms with Crippen molar-refractivity contribution in [2.45, 2.75) is 25.9 Å². The molecule has 2 aromatic carbocycles. The molecule has 29 heavy (non-hydrogen) atoms. The lowest BCUT2D eigenvalue weighted by Gasteiger charge is -2.16. The summed E-state index contributed by atoms with van der Waals surface area (Å²) in [6.45, 7) is 5.35. The van der Waals surface area contributed by atoms with Gasteiger partial charge in [0, 0.05) is 49.0 Å². The predicted octanol–water partition coefficient (Wildman–Crippen LogP) is 4.74. The Morgan fingerprint density at radius 2 is 2.00 bits per heavy atom. The molecule has 1 aliphatic rings. The van der Waals surface area contributed by atoms with E-state index in [1.54, 1.807) is 0 Å². The minimum atomic E-state index is 0.744. The Bertz CT molecular complexity index is 922. The quantitative estimate of drug-likeness (QED) is 0.546. The first-order chi connectivity index (χ1) is 14.2. The van der Waals surface area contributed by atoms with Gasteiger partial charge in [-0.1, -0.05) is 54.1 Å². The third kappa shape index (κ3) is 5.47. The Morgan fingerprint density at radius 3 is 2.83 bits per heavy atom. The topological polar surface area (TPSA) is 33.1 Å². The Morgan fingerprint density at radius 1 is 1.14 bits per heavy atom. The summed E-state index contributed by atoms with van der Waals surface area (Å²) < 4.78 is 1.88. The number of aromatic nitrogens is 2. The van der Waals surface area contributed by atoms with Crippen LogP contribution in [0.1, 0.15) is 24.0 Å². The molecule has 0 amide bonds. The largest absolute Gasteiger partial charge is 0.313 e. The van der Waals surface area contributed by atoms with Crippen molar-refractivity contribution < 1.29 is 0 Å². The van der Waals surface area contributed by atoms with Gasteiger partial charge in [0.15, 0.2) is 0 Å². The van der Waals surface area contributed by atoms with Gasteiger partial charge in [-0.3, -0.25) is 9.58 Å². The van der Waals surface area contributed by atoms with Crippen molar-refractivity contribution in [1.82, 2.24) is 20.0 Å². The molecule has 1 N–H and O–H groups in total. The van der Waals surface area contributed by atoms with Crippen LogP contribution in [-0.4, -0.2) is 34.3 Å². The Hall–Kier alpha value is -2.14. The van der Waals surface area contributed by atoms with Crippen LogP contribution in [0, 0.1) is 5.92 Å². The minimum Gasteiger partial charge on any atom is -0.313 e. The maximum Gasteiger partial charge on any atom is 0.0968 e. The lowest BCUT2D eigenvalue weighted by atomic mass is 10.0. The van der Waals surface area contributed by atoms with Gasteiger partial charge in [-0.2, -0.15) is 5.10 Å². The fraction of sp³-hybridized carbons (Fsp3) is 0.375. The molecule has 4 nitrogen and oxygen atoms in total. The van der Waals surface area contributed by atoms with Gasteiger partial charge in [-0.05, 0) is 49.5 Å². The van der Waals surface area contributed by atoms with Crippen molar-refractivity contribution in [2.24, 2.45) is 13.0 Å². The zero-order valence-corrected chi connectivity index (χ0v) is 17.8. The molecule has 4 rings (SSSR count). The first kappa shape index (κ1) is 20.1. The number of benzene rings is 2. The van der Waals surface area contributed by atoms with Crippen LogP contribution >= 0.6 is 11.6 Å². The highest BCUT2D eigenvalue weighted by Crippen LogP contribution is 2.25. The van der Waals surface area contributed by atoms with Crippen LogP contribution in [0.3, 0.4) is 0 Å². The molecule has 1 unspecified atom stereocenters. The summed E-state index contributed by atoms with van der Waals surface area (Å²) in [6.07, 6.45) is 4.62. The van der Waals surface area contributed by atoms with E-state index in [-0.39, 0.29) is 0 Å². The van der Waals surface area contributed by atoms with Gasteiger partial charge in [0.1, 0.15) is 0 Å². The second-order valence-electron chi connectivity index (χ2n) is 8.03. The monoisotopic (exact) mass is 408 g/mol. The zero-order valence-electron chi connectivity index (χ0n) is 17.0. The van der Waals surface area contributed by atoms with Crippen LogP contribution in [-0.2, 0) is 20.1 Å². The summed E-state index contributed by atoms with van der Waals surface area (Å²) in [6, 6.07) is 18.7. The molecular formula is C24H29ClN4. The first-order valence-electron chi connectivity index (χ1n) is 10.4. The van der Waals surface area contributed by atoms with Crippen molar-refractivity contribution in [1.29, 1.82) is 0 Å². The molecule has 1 aromatic heterocycles. The van der Waals surface area contributed by atoms with E-state index in [0.29, 0.717) is 0 Å². The van der Waals surface area contributed by atoms with Crippen LogP contribution in [0.2, 0.25) is 5.02 Å². The van der Waals surface area contributed by atoms with E-state index in [0.717, 1.165) is 41.8 Å². The van der Waals surface area contributed by atoms with Gasteiger partial charge in [-0.25, -0.2) is 0 Å². The maximum atomic E-state index is 6.16. The number of likely N-dealkylation sites (tertiary alicyclic amines) is 1. The molecule has 1 fully saturated rings. The Kier molecular flexibility index (Phi) is 6.65. The summed E-state index contributed by atoms with van der Waals surface area (Å²) in [5.41, 5.74) is 4.71.